The Kier molecular flexibility index (Phi) is 6.53. The quantitative estimate of drug-likeness (QED) is 0.324. The third-order valence-electron chi connectivity index (χ3n) is 2.67. The Hall–Kier alpha value is -1.71. The number of carbonyl (C=O) groups is 3. The topological polar surface area (TPSA) is 118 Å². The van der Waals surface area contributed by atoms with Crippen molar-refractivity contribution in [2.75, 3.05) is 6.61 Å². The van der Waals surface area contributed by atoms with Crippen LogP contribution in [0.15, 0.2) is 0 Å². The van der Waals surface area contributed by atoms with Gasteiger partial charge in [0.05, 0.1) is 0 Å². The minimum atomic E-state index is -1.10. The minimum absolute atomic E-state index is 0.0371. The smallest absolute Gasteiger partial charge is 0.303 e. The number of hydrogen-bond donors (Lipinski definition) is 1. The van der Waals surface area contributed by atoms with E-state index >= 15 is 0 Å². The van der Waals surface area contributed by atoms with Crippen molar-refractivity contribution >= 4 is 17.9 Å². The maximum absolute atomic E-state index is 11.2. The van der Waals surface area contributed by atoms with E-state index in [4.69, 9.17) is 24.2 Å². The molecule has 0 unspecified atom stereocenters. The second-order valence-corrected chi connectivity index (χ2v) is 4.47. The Labute approximate surface area is 121 Å². The normalized spacial score (nSPS) is 28.6. The molecule has 0 spiro atoms. The number of ether oxygens (including phenoxy) is 4. The van der Waals surface area contributed by atoms with Crippen LogP contribution in [0.2, 0.25) is 0 Å². The SMILES string of the molecule is CC(=O)OC[C@H]1O[C@H](OO)C[C@@H](OC(C)=O)[C@H]1OC(C)=O. The molecular formula is C12H18O9. The molecule has 21 heavy (non-hydrogen) atoms. The van der Waals surface area contributed by atoms with Gasteiger partial charge in [0.15, 0.2) is 12.4 Å². The van der Waals surface area contributed by atoms with Gasteiger partial charge in [0, 0.05) is 27.2 Å². The van der Waals surface area contributed by atoms with E-state index < -0.39 is 42.5 Å². The fourth-order valence-electron chi connectivity index (χ4n) is 1.96. The molecule has 1 fully saturated rings. The van der Waals surface area contributed by atoms with Crippen molar-refractivity contribution in [1.29, 1.82) is 0 Å². The molecule has 0 aliphatic carbocycles. The lowest BCUT2D eigenvalue weighted by Gasteiger charge is -2.38. The van der Waals surface area contributed by atoms with E-state index in [0.717, 1.165) is 0 Å². The molecule has 9 nitrogen and oxygen atoms in total. The standard InChI is InChI=1S/C12H18O9/c1-6(13)17-5-10-12(19-8(3)15)9(18-7(2)14)4-11(20-10)21-16/h9-12,16H,4-5H2,1-3H3/t9-,10-,11-,12-/m1/s1. The van der Waals surface area contributed by atoms with Crippen LogP contribution in [0.5, 0.6) is 0 Å². The van der Waals surface area contributed by atoms with Crippen molar-refractivity contribution in [2.45, 2.75) is 51.8 Å². The van der Waals surface area contributed by atoms with Gasteiger partial charge in [0.25, 0.3) is 0 Å². The second-order valence-electron chi connectivity index (χ2n) is 4.47. The van der Waals surface area contributed by atoms with Crippen molar-refractivity contribution in [3.63, 3.8) is 0 Å². The van der Waals surface area contributed by atoms with Gasteiger partial charge in [-0.3, -0.25) is 14.4 Å². The second kappa shape index (κ2) is 7.91. The average Bonchev–Trinajstić information content (AvgIpc) is 2.37. The Morgan fingerprint density at radius 1 is 1.10 bits per heavy atom. The van der Waals surface area contributed by atoms with Gasteiger partial charge < -0.3 is 18.9 Å². The van der Waals surface area contributed by atoms with Gasteiger partial charge in [-0.25, -0.2) is 10.1 Å². The summed E-state index contributed by atoms with van der Waals surface area (Å²) in [6.45, 7) is 3.33. The molecule has 0 aromatic rings. The van der Waals surface area contributed by atoms with Crippen LogP contribution in [-0.4, -0.2) is 54.4 Å². The summed E-state index contributed by atoms with van der Waals surface area (Å²) in [7, 11) is 0. The summed E-state index contributed by atoms with van der Waals surface area (Å²) < 4.78 is 20.2. The third kappa shape index (κ3) is 5.66. The number of rotatable bonds is 5. The lowest BCUT2D eigenvalue weighted by atomic mass is 10.0. The Morgan fingerprint density at radius 3 is 2.19 bits per heavy atom. The molecule has 0 amide bonds. The lowest BCUT2D eigenvalue weighted by molar-refractivity contribution is -0.380. The predicted molar refractivity (Wildman–Crippen MR) is 64.7 cm³/mol. The Morgan fingerprint density at radius 2 is 1.71 bits per heavy atom. The van der Waals surface area contributed by atoms with E-state index in [2.05, 4.69) is 4.89 Å². The fourth-order valence-corrected chi connectivity index (χ4v) is 1.96. The zero-order valence-corrected chi connectivity index (χ0v) is 11.9. The number of hydrogen-bond acceptors (Lipinski definition) is 9. The highest BCUT2D eigenvalue weighted by molar-refractivity contribution is 5.67. The van der Waals surface area contributed by atoms with E-state index in [9.17, 15) is 14.4 Å². The van der Waals surface area contributed by atoms with E-state index in [0.29, 0.717) is 0 Å². The van der Waals surface area contributed by atoms with Crippen LogP contribution in [0, 0.1) is 0 Å². The van der Waals surface area contributed by atoms with Crippen LogP contribution in [0.4, 0.5) is 0 Å². The van der Waals surface area contributed by atoms with E-state index in [1.165, 1.54) is 20.8 Å². The van der Waals surface area contributed by atoms with Crippen LogP contribution in [0.3, 0.4) is 0 Å². The molecule has 1 rings (SSSR count). The number of esters is 3. The summed E-state index contributed by atoms with van der Waals surface area (Å²) in [5.41, 5.74) is 0. The highest BCUT2D eigenvalue weighted by Crippen LogP contribution is 2.26. The maximum atomic E-state index is 11.2. The van der Waals surface area contributed by atoms with Crippen molar-refractivity contribution < 1.29 is 43.5 Å². The first-order valence-electron chi connectivity index (χ1n) is 6.27. The molecule has 1 saturated heterocycles. The van der Waals surface area contributed by atoms with Crippen molar-refractivity contribution in [2.24, 2.45) is 0 Å². The molecule has 1 aliphatic heterocycles. The zero-order valence-electron chi connectivity index (χ0n) is 11.9. The Balaban J connectivity index is 2.87. The summed E-state index contributed by atoms with van der Waals surface area (Å²) in [6.07, 6.45) is -3.94. The summed E-state index contributed by atoms with van der Waals surface area (Å²) in [6, 6.07) is 0. The maximum Gasteiger partial charge on any atom is 0.303 e. The molecule has 1 N–H and O–H groups in total. The van der Waals surface area contributed by atoms with Gasteiger partial charge in [0.2, 0.25) is 0 Å². The Bertz CT molecular complexity index is 394. The van der Waals surface area contributed by atoms with Crippen molar-refractivity contribution in [3.8, 4) is 0 Å². The highest BCUT2D eigenvalue weighted by atomic mass is 17.1. The van der Waals surface area contributed by atoms with Gasteiger partial charge >= 0.3 is 17.9 Å². The van der Waals surface area contributed by atoms with Crippen LogP contribution < -0.4 is 0 Å². The van der Waals surface area contributed by atoms with E-state index in [1.54, 1.807) is 0 Å². The van der Waals surface area contributed by atoms with Crippen LogP contribution in [-0.2, 0) is 38.2 Å². The largest absolute Gasteiger partial charge is 0.463 e. The van der Waals surface area contributed by atoms with Crippen LogP contribution in [0.1, 0.15) is 27.2 Å². The van der Waals surface area contributed by atoms with Crippen molar-refractivity contribution in [3.05, 3.63) is 0 Å². The first-order chi connectivity index (χ1) is 9.83. The first kappa shape index (κ1) is 17.3. The van der Waals surface area contributed by atoms with Gasteiger partial charge in [-0.1, -0.05) is 0 Å². The molecule has 120 valence electrons. The molecule has 4 atom stereocenters. The molecule has 0 aromatic carbocycles. The van der Waals surface area contributed by atoms with E-state index in [-0.39, 0.29) is 13.0 Å². The molecule has 0 radical (unpaired) electrons. The molecule has 1 heterocycles. The van der Waals surface area contributed by atoms with Gasteiger partial charge in [-0.2, -0.15) is 0 Å². The average molecular weight is 306 g/mol. The van der Waals surface area contributed by atoms with Gasteiger partial charge in [-0.15, -0.1) is 0 Å². The third-order valence-corrected chi connectivity index (χ3v) is 2.67. The molecule has 9 heteroatoms. The molecular weight excluding hydrogens is 288 g/mol. The van der Waals surface area contributed by atoms with Crippen LogP contribution in [0.25, 0.3) is 0 Å². The first-order valence-corrected chi connectivity index (χ1v) is 6.27. The highest BCUT2D eigenvalue weighted by Gasteiger charge is 2.44. The lowest BCUT2D eigenvalue weighted by Crippen LogP contribution is -2.54. The molecule has 0 bridgehead atoms. The summed E-state index contributed by atoms with van der Waals surface area (Å²) >= 11 is 0. The molecule has 1 aliphatic rings. The molecule has 0 saturated carbocycles. The minimum Gasteiger partial charge on any atom is -0.463 e. The summed E-state index contributed by atoms with van der Waals surface area (Å²) in [5, 5.41) is 8.73. The summed E-state index contributed by atoms with van der Waals surface area (Å²) in [5.74, 6) is -1.77. The van der Waals surface area contributed by atoms with Crippen LogP contribution >= 0.6 is 0 Å². The van der Waals surface area contributed by atoms with Crippen molar-refractivity contribution in [1.82, 2.24) is 0 Å². The monoisotopic (exact) mass is 306 g/mol. The zero-order chi connectivity index (χ0) is 16.0. The van der Waals surface area contributed by atoms with E-state index in [1.807, 2.05) is 0 Å². The number of carbonyl (C=O) groups excluding carboxylic acids is 3. The predicted octanol–water partition coefficient (Wildman–Crippen LogP) is 0.0175. The van der Waals surface area contributed by atoms with Gasteiger partial charge in [-0.05, 0) is 0 Å². The molecule has 0 aromatic heterocycles. The fraction of sp³-hybridized carbons (Fsp3) is 0.750. The van der Waals surface area contributed by atoms with Gasteiger partial charge in [0.1, 0.15) is 18.8 Å². The summed E-state index contributed by atoms with van der Waals surface area (Å²) in [4.78, 5) is 37.3.